The predicted octanol–water partition coefficient (Wildman–Crippen LogP) is 3.58. The molecular weight excluding hydrogens is 492 g/mol. The van der Waals surface area contributed by atoms with Crippen molar-refractivity contribution in [1.29, 1.82) is 0 Å². The van der Waals surface area contributed by atoms with Gasteiger partial charge in [-0.1, -0.05) is 30.2 Å². The highest BCUT2D eigenvalue weighted by Crippen LogP contribution is 2.40. The van der Waals surface area contributed by atoms with Crippen LogP contribution in [0.2, 0.25) is 5.02 Å². The summed E-state index contributed by atoms with van der Waals surface area (Å²) in [6, 6.07) is 11.6. The van der Waals surface area contributed by atoms with Gasteiger partial charge in [0.1, 0.15) is 5.76 Å². The van der Waals surface area contributed by atoms with E-state index in [0.29, 0.717) is 23.7 Å². The lowest BCUT2D eigenvalue weighted by Crippen LogP contribution is -2.35. The zero-order valence-electron chi connectivity index (χ0n) is 19.3. The van der Waals surface area contributed by atoms with E-state index in [1.807, 2.05) is 0 Å². The third-order valence-electron chi connectivity index (χ3n) is 6.32. The number of carbonyl (C=O) groups excluding carboxylic acids is 2. The number of aliphatic hydroxyl groups excluding tert-OH is 1. The van der Waals surface area contributed by atoms with Crippen LogP contribution in [-0.4, -0.2) is 67.8 Å². The van der Waals surface area contributed by atoms with Gasteiger partial charge in [0, 0.05) is 37.3 Å². The van der Waals surface area contributed by atoms with Gasteiger partial charge >= 0.3 is 0 Å². The number of benzene rings is 2. The molecule has 1 amide bonds. The number of hydrogen-bond acceptors (Lipinski definition) is 6. The molecule has 8 nitrogen and oxygen atoms in total. The van der Waals surface area contributed by atoms with Gasteiger partial charge in [0.15, 0.2) is 0 Å². The molecular formula is C25H27ClN2O6S. The quantitative estimate of drug-likeness (QED) is 0.341. The standard InChI is InChI=1S/C25H27ClN2O6S/c1-34-15-14-28-22(18-6-5-7-19(26)16-18)21(24(30)25(28)31)23(29)17-8-10-20(11-9-17)35(32,33)27-12-3-2-4-13-27/h5-11,16,22,29H,2-4,12-15H2,1H3. The van der Waals surface area contributed by atoms with E-state index in [4.69, 9.17) is 16.3 Å². The summed E-state index contributed by atoms with van der Waals surface area (Å²) >= 11 is 6.16. The van der Waals surface area contributed by atoms with Crippen molar-refractivity contribution in [2.24, 2.45) is 0 Å². The van der Waals surface area contributed by atoms with Crippen molar-refractivity contribution >= 4 is 39.1 Å². The number of ketones is 1. The van der Waals surface area contributed by atoms with Crippen molar-refractivity contribution in [3.05, 3.63) is 70.3 Å². The number of piperidine rings is 1. The lowest BCUT2D eigenvalue weighted by molar-refractivity contribution is -0.140. The molecule has 2 fully saturated rings. The van der Waals surface area contributed by atoms with Crippen LogP contribution in [0.3, 0.4) is 0 Å². The number of halogens is 1. The molecule has 2 aliphatic heterocycles. The highest BCUT2D eigenvalue weighted by atomic mass is 35.5. The second-order valence-electron chi connectivity index (χ2n) is 8.53. The third kappa shape index (κ3) is 4.99. The maximum absolute atomic E-state index is 13.0. The molecule has 10 heteroatoms. The Labute approximate surface area is 209 Å². The fraction of sp³-hybridized carbons (Fsp3) is 0.360. The fourth-order valence-electron chi connectivity index (χ4n) is 4.52. The summed E-state index contributed by atoms with van der Waals surface area (Å²) in [5.74, 6) is -1.96. The number of rotatable bonds is 7. The second-order valence-corrected chi connectivity index (χ2v) is 10.9. The number of likely N-dealkylation sites (tertiary alicyclic amines) is 1. The molecule has 1 unspecified atom stereocenters. The maximum Gasteiger partial charge on any atom is 0.295 e. The van der Waals surface area contributed by atoms with Crippen LogP contribution in [0.15, 0.2) is 59.0 Å². The molecule has 2 saturated heterocycles. The van der Waals surface area contributed by atoms with Crippen LogP contribution in [0.1, 0.15) is 36.4 Å². The van der Waals surface area contributed by atoms with E-state index in [0.717, 1.165) is 19.3 Å². The molecule has 2 aliphatic rings. The number of nitrogens with zero attached hydrogens (tertiary/aromatic N) is 2. The van der Waals surface area contributed by atoms with E-state index >= 15 is 0 Å². The summed E-state index contributed by atoms with van der Waals surface area (Å²) in [4.78, 5) is 27.3. The number of Topliss-reactive ketones (excluding diaryl/α,β-unsaturated/α-hetero) is 1. The van der Waals surface area contributed by atoms with Crippen molar-refractivity contribution in [2.45, 2.75) is 30.2 Å². The summed E-state index contributed by atoms with van der Waals surface area (Å²) in [5.41, 5.74) is 0.720. The number of sulfonamides is 1. The van der Waals surface area contributed by atoms with Gasteiger partial charge < -0.3 is 14.7 Å². The molecule has 2 aromatic carbocycles. The number of ether oxygens (including phenoxy) is 1. The molecule has 0 spiro atoms. The summed E-state index contributed by atoms with van der Waals surface area (Å²) in [7, 11) is -2.15. The summed E-state index contributed by atoms with van der Waals surface area (Å²) in [6.45, 7) is 1.30. The largest absolute Gasteiger partial charge is 0.507 e. The molecule has 0 aromatic heterocycles. The first-order chi connectivity index (χ1) is 16.8. The minimum Gasteiger partial charge on any atom is -0.507 e. The lowest BCUT2D eigenvalue weighted by atomic mass is 9.95. The van der Waals surface area contributed by atoms with E-state index in [-0.39, 0.29) is 34.9 Å². The van der Waals surface area contributed by atoms with Crippen LogP contribution in [0.5, 0.6) is 0 Å². The van der Waals surface area contributed by atoms with Crippen LogP contribution in [0.4, 0.5) is 0 Å². The zero-order valence-corrected chi connectivity index (χ0v) is 20.9. The Balaban J connectivity index is 1.74. The minimum absolute atomic E-state index is 0.0833. The monoisotopic (exact) mass is 518 g/mol. The van der Waals surface area contributed by atoms with Crippen molar-refractivity contribution < 1.29 is 27.9 Å². The molecule has 0 saturated carbocycles. The highest BCUT2D eigenvalue weighted by Gasteiger charge is 2.46. The van der Waals surface area contributed by atoms with Gasteiger partial charge in [0.2, 0.25) is 10.0 Å². The van der Waals surface area contributed by atoms with Crippen LogP contribution in [-0.2, 0) is 24.3 Å². The van der Waals surface area contributed by atoms with E-state index < -0.39 is 27.8 Å². The molecule has 1 N–H and O–H groups in total. The Kier molecular flexibility index (Phi) is 7.61. The van der Waals surface area contributed by atoms with E-state index in [2.05, 4.69) is 0 Å². The van der Waals surface area contributed by atoms with Gasteiger partial charge in [-0.3, -0.25) is 9.59 Å². The van der Waals surface area contributed by atoms with Crippen LogP contribution in [0.25, 0.3) is 5.76 Å². The topological polar surface area (TPSA) is 104 Å². The third-order valence-corrected chi connectivity index (χ3v) is 8.47. The van der Waals surface area contributed by atoms with Gasteiger partial charge in [0.25, 0.3) is 11.7 Å². The summed E-state index contributed by atoms with van der Waals surface area (Å²) in [6.07, 6.45) is 2.66. The van der Waals surface area contributed by atoms with E-state index in [1.54, 1.807) is 24.3 Å². The van der Waals surface area contributed by atoms with Gasteiger partial charge in [-0.15, -0.1) is 0 Å². The molecule has 0 radical (unpaired) electrons. The van der Waals surface area contributed by atoms with Crippen molar-refractivity contribution in [3.63, 3.8) is 0 Å². The van der Waals surface area contributed by atoms with Gasteiger partial charge in [-0.2, -0.15) is 4.31 Å². The average Bonchev–Trinajstić information content (AvgIpc) is 3.12. The number of hydrogen-bond donors (Lipinski definition) is 1. The van der Waals surface area contributed by atoms with Gasteiger partial charge in [-0.25, -0.2) is 8.42 Å². The summed E-state index contributed by atoms with van der Waals surface area (Å²) in [5, 5.41) is 11.6. The first kappa shape index (κ1) is 25.4. The molecule has 35 heavy (non-hydrogen) atoms. The molecule has 2 heterocycles. The highest BCUT2D eigenvalue weighted by molar-refractivity contribution is 7.89. The van der Waals surface area contributed by atoms with Gasteiger partial charge in [0.05, 0.1) is 23.1 Å². The molecule has 186 valence electrons. The van der Waals surface area contributed by atoms with Crippen LogP contribution in [0, 0.1) is 0 Å². The maximum atomic E-state index is 13.0. The normalized spacial score (nSPS) is 21.0. The van der Waals surface area contributed by atoms with Crippen molar-refractivity contribution in [2.75, 3.05) is 33.4 Å². The molecule has 1 atom stereocenters. The smallest absolute Gasteiger partial charge is 0.295 e. The Hall–Kier alpha value is -2.72. The minimum atomic E-state index is -3.64. The van der Waals surface area contributed by atoms with Crippen LogP contribution < -0.4 is 0 Å². The number of carbonyl (C=O) groups is 2. The van der Waals surface area contributed by atoms with Crippen molar-refractivity contribution in [1.82, 2.24) is 9.21 Å². The van der Waals surface area contributed by atoms with Crippen molar-refractivity contribution in [3.8, 4) is 0 Å². The SMILES string of the molecule is COCCN1C(=O)C(=O)C(=C(O)c2ccc(S(=O)(=O)N3CCCCC3)cc2)C1c1cccc(Cl)c1. The molecule has 0 bridgehead atoms. The molecule has 2 aromatic rings. The second kappa shape index (κ2) is 10.5. The molecule has 0 aliphatic carbocycles. The Morgan fingerprint density at radius 2 is 1.77 bits per heavy atom. The Bertz CT molecular complexity index is 1250. The Morgan fingerprint density at radius 1 is 1.09 bits per heavy atom. The Morgan fingerprint density at radius 3 is 2.40 bits per heavy atom. The average molecular weight is 519 g/mol. The first-order valence-corrected chi connectivity index (χ1v) is 13.2. The fourth-order valence-corrected chi connectivity index (χ4v) is 6.23. The number of aliphatic hydroxyl groups is 1. The van der Waals surface area contributed by atoms with Gasteiger partial charge in [-0.05, 0) is 54.8 Å². The van der Waals surface area contributed by atoms with E-state index in [1.165, 1.54) is 40.6 Å². The van der Waals surface area contributed by atoms with E-state index in [9.17, 15) is 23.1 Å². The lowest BCUT2D eigenvalue weighted by Gasteiger charge is -2.26. The zero-order chi connectivity index (χ0) is 25.2. The molecule has 4 rings (SSSR count). The summed E-state index contributed by atoms with van der Waals surface area (Å²) < 4.78 is 32.5. The number of methoxy groups -OCH3 is 1. The predicted molar refractivity (Wildman–Crippen MR) is 131 cm³/mol. The first-order valence-electron chi connectivity index (χ1n) is 11.4. The number of amides is 1. The van der Waals surface area contributed by atoms with Crippen LogP contribution >= 0.6 is 11.6 Å².